The fourth-order valence-electron chi connectivity index (χ4n) is 1.90. The Morgan fingerprint density at radius 2 is 2.06 bits per heavy atom. The van der Waals surface area contributed by atoms with Gasteiger partial charge in [0, 0.05) is 25.1 Å². The van der Waals surface area contributed by atoms with E-state index in [2.05, 4.69) is 41.0 Å². The van der Waals surface area contributed by atoms with Crippen LogP contribution < -0.4 is 4.90 Å². The molecule has 82 valence electrons. The molecule has 0 amide bonds. The SMILES string of the molecule is [C-]#[N+]c1ccc(N2C=CN(C)[C@@H]2C)c(C)c1. The van der Waals surface area contributed by atoms with Gasteiger partial charge in [-0.3, -0.25) is 0 Å². The van der Waals surface area contributed by atoms with E-state index in [1.165, 1.54) is 5.69 Å². The minimum atomic E-state index is 0.331. The van der Waals surface area contributed by atoms with Crippen molar-refractivity contribution >= 4 is 11.4 Å². The molecule has 0 aromatic heterocycles. The smallest absolute Gasteiger partial charge is 0.187 e. The highest BCUT2D eigenvalue weighted by Crippen LogP contribution is 2.29. The molecule has 1 aliphatic rings. The molecule has 0 bridgehead atoms. The highest BCUT2D eigenvalue weighted by atomic mass is 15.4. The van der Waals surface area contributed by atoms with Gasteiger partial charge < -0.3 is 9.80 Å². The Balaban J connectivity index is 2.36. The highest BCUT2D eigenvalue weighted by Gasteiger charge is 2.21. The van der Waals surface area contributed by atoms with Crippen molar-refractivity contribution in [1.29, 1.82) is 0 Å². The van der Waals surface area contributed by atoms with E-state index >= 15 is 0 Å². The van der Waals surface area contributed by atoms with Crippen LogP contribution in [-0.4, -0.2) is 18.1 Å². The Morgan fingerprint density at radius 3 is 2.56 bits per heavy atom. The number of nitrogens with zero attached hydrogens (tertiary/aromatic N) is 3. The Morgan fingerprint density at radius 1 is 1.31 bits per heavy atom. The van der Waals surface area contributed by atoms with Gasteiger partial charge in [0.05, 0.1) is 6.57 Å². The molecule has 1 atom stereocenters. The first-order chi connectivity index (χ1) is 7.63. The summed E-state index contributed by atoms with van der Waals surface area (Å²) in [4.78, 5) is 7.80. The second-order valence-electron chi connectivity index (χ2n) is 4.09. The van der Waals surface area contributed by atoms with E-state index in [0.29, 0.717) is 11.9 Å². The van der Waals surface area contributed by atoms with Crippen LogP contribution in [0.4, 0.5) is 11.4 Å². The van der Waals surface area contributed by atoms with E-state index in [4.69, 9.17) is 6.57 Å². The molecule has 0 fully saturated rings. The first-order valence-electron chi connectivity index (χ1n) is 5.30. The van der Waals surface area contributed by atoms with Crippen molar-refractivity contribution in [3.8, 4) is 0 Å². The summed E-state index contributed by atoms with van der Waals surface area (Å²) in [5, 5.41) is 0. The molecule has 16 heavy (non-hydrogen) atoms. The summed E-state index contributed by atoms with van der Waals surface area (Å²) in [6, 6.07) is 5.82. The molecule has 0 aliphatic carbocycles. The van der Waals surface area contributed by atoms with Gasteiger partial charge >= 0.3 is 0 Å². The third kappa shape index (κ3) is 1.63. The number of benzene rings is 1. The summed E-state index contributed by atoms with van der Waals surface area (Å²) >= 11 is 0. The van der Waals surface area contributed by atoms with Crippen molar-refractivity contribution < 1.29 is 0 Å². The molecule has 0 radical (unpaired) electrons. The van der Waals surface area contributed by atoms with Crippen LogP contribution in [0.2, 0.25) is 0 Å². The summed E-state index contributed by atoms with van der Waals surface area (Å²) in [5.41, 5.74) is 3.01. The van der Waals surface area contributed by atoms with E-state index < -0.39 is 0 Å². The quantitative estimate of drug-likeness (QED) is 0.664. The van der Waals surface area contributed by atoms with Crippen LogP contribution in [0.1, 0.15) is 12.5 Å². The van der Waals surface area contributed by atoms with E-state index in [9.17, 15) is 0 Å². The van der Waals surface area contributed by atoms with Crippen molar-refractivity contribution in [2.45, 2.75) is 20.0 Å². The lowest BCUT2D eigenvalue weighted by molar-refractivity contribution is 0.383. The lowest BCUT2D eigenvalue weighted by Crippen LogP contribution is -2.33. The van der Waals surface area contributed by atoms with Crippen LogP contribution in [0.25, 0.3) is 4.85 Å². The van der Waals surface area contributed by atoms with Gasteiger partial charge in [-0.25, -0.2) is 4.85 Å². The van der Waals surface area contributed by atoms with Gasteiger partial charge in [0.1, 0.15) is 6.17 Å². The summed E-state index contributed by atoms with van der Waals surface area (Å²) in [6.45, 7) is 11.2. The maximum atomic E-state index is 6.98. The van der Waals surface area contributed by atoms with Crippen LogP contribution in [0.15, 0.2) is 30.6 Å². The molecule has 2 rings (SSSR count). The topological polar surface area (TPSA) is 10.8 Å². The average molecular weight is 213 g/mol. The molecule has 1 heterocycles. The average Bonchev–Trinajstić information content (AvgIpc) is 2.60. The normalized spacial score (nSPS) is 19.0. The molecule has 1 aliphatic heterocycles. The van der Waals surface area contributed by atoms with Gasteiger partial charge in [0.15, 0.2) is 5.69 Å². The zero-order valence-electron chi connectivity index (χ0n) is 9.81. The summed E-state index contributed by atoms with van der Waals surface area (Å²) in [5.74, 6) is 0. The number of anilines is 1. The largest absolute Gasteiger partial charge is 0.359 e. The molecule has 1 aromatic rings. The number of hydrogen-bond acceptors (Lipinski definition) is 2. The van der Waals surface area contributed by atoms with E-state index in [0.717, 1.165) is 5.56 Å². The van der Waals surface area contributed by atoms with Crippen LogP contribution in [0.3, 0.4) is 0 Å². The fourth-order valence-corrected chi connectivity index (χ4v) is 1.90. The van der Waals surface area contributed by atoms with Crippen LogP contribution in [0, 0.1) is 13.5 Å². The number of rotatable bonds is 1. The predicted molar refractivity (Wildman–Crippen MR) is 66.3 cm³/mol. The Bertz CT molecular complexity index is 471. The maximum Gasteiger partial charge on any atom is 0.187 e. The molecular formula is C13H15N3. The molecule has 0 saturated carbocycles. The maximum absolute atomic E-state index is 6.98. The van der Waals surface area contributed by atoms with Crippen LogP contribution in [0.5, 0.6) is 0 Å². The van der Waals surface area contributed by atoms with Gasteiger partial charge in [-0.1, -0.05) is 12.1 Å². The zero-order valence-corrected chi connectivity index (χ0v) is 9.81. The van der Waals surface area contributed by atoms with Crippen molar-refractivity contribution in [3.05, 3.63) is 47.6 Å². The van der Waals surface area contributed by atoms with Gasteiger partial charge in [-0.05, 0) is 25.5 Å². The standard InChI is InChI=1S/C13H15N3/c1-10-9-12(14-3)5-6-13(10)16-8-7-15(4)11(16)2/h5-9,11H,1-2,4H3/t11-/m0/s1. The number of hydrogen-bond donors (Lipinski definition) is 0. The molecule has 0 unspecified atom stereocenters. The molecule has 1 aromatic carbocycles. The van der Waals surface area contributed by atoms with Crippen LogP contribution in [-0.2, 0) is 0 Å². The molecular weight excluding hydrogens is 198 g/mol. The summed E-state index contributed by atoms with van der Waals surface area (Å²) in [7, 11) is 2.06. The Hall–Kier alpha value is -1.95. The second-order valence-corrected chi connectivity index (χ2v) is 4.09. The van der Waals surface area contributed by atoms with Crippen molar-refractivity contribution in [3.63, 3.8) is 0 Å². The predicted octanol–water partition coefficient (Wildman–Crippen LogP) is 3.11. The van der Waals surface area contributed by atoms with Gasteiger partial charge in [-0.15, -0.1) is 0 Å². The molecule has 3 nitrogen and oxygen atoms in total. The first-order valence-corrected chi connectivity index (χ1v) is 5.30. The molecule has 3 heteroatoms. The fraction of sp³-hybridized carbons (Fsp3) is 0.308. The molecule has 0 spiro atoms. The minimum absolute atomic E-state index is 0.331. The zero-order chi connectivity index (χ0) is 11.7. The van der Waals surface area contributed by atoms with E-state index in [1.54, 1.807) is 0 Å². The van der Waals surface area contributed by atoms with Crippen molar-refractivity contribution in [2.24, 2.45) is 0 Å². The monoisotopic (exact) mass is 213 g/mol. The molecule has 0 N–H and O–H groups in total. The third-order valence-electron chi connectivity index (χ3n) is 3.04. The van der Waals surface area contributed by atoms with Crippen molar-refractivity contribution in [2.75, 3.05) is 11.9 Å². The molecule has 0 saturated heterocycles. The Kier molecular flexibility index (Phi) is 2.57. The second kappa shape index (κ2) is 3.90. The van der Waals surface area contributed by atoms with Crippen LogP contribution >= 0.6 is 0 Å². The van der Waals surface area contributed by atoms with Crippen molar-refractivity contribution in [1.82, 2.24) is 4.90 Å². The minimum Gasteiger partial charge on any atom is -0.359 e. The van der Waals surface area contributed by atoms with E-state index in [-0.39, 0.29) is 0 Å². The summed E-state index contributed by atoms with van der Waals surface area (Å²) in [6.07, 6.45) is 4.47. The first kappa shape index (κ1) is 10.6. The van der Waals surface area contributed by atoms with Gasteiger partial charge in [0.25, 0.3) is 0 Å². The van der Waals surface area contributed by atoms with Gasteiger partial charge in [-0.2, -0.15) is 0 Å². The van der Waals surface area contributed by atoms with Gasteiger partial charge in [0.2, 0.25) is 0 Å². The van der Waals surface area contributed by atoms with E-state index in [1.807, 2.05) is 25.1 Å². The lowest BCUT2D eigenvalue weighted by atomic mass is 10.1. The number of aryl methyl sites for hydroxylation is 1. The summed E-state index contributed by atoms with van der Waals surface area (Å²) < 4.78 is 0. The highest BCUT2D eigenvalue weighted by molar-refractivity contribution is 5.63. The Labute approximate surface area is 96.4 Å². The third-order valence-corrected chi connectivity index (χ3v) is 3.04. The lowest BCUT2D eigenvalue weighted by Gasteiger charge is -2.28.